The fourth-order valence-corrected chi connectivity index (χ4v) is 3.06. The van der Waals surface area contributed by atoms with Gasteiger partial charge in [0.2, 0.25) is 0 Å². The van der Waals surface area contributed by atoms with Crippen LogP contribution in [0.3, 0.4) is 0 Å². The lowest BCUT2D eigenvalue weighted by atomic mass is 10.3. The van der Waals surface area contributed by atoms with Crippen LogP contribution < -0.4 is 0 Å². The molecule has 1 aliphatic rings. The zero-order chi connectivity index (χ0) is 12.5. The number of hydroxylamine groups is 1. The molecule has 0 N–H and O–H groups in total. The minimum absolute atomic E-state index is 0.154. The summed E-state index contributed by atoms with van der Waals surface area (Å²) >= 11 is 5.57. The van der Waals surface area contributed by atoms with Gasteiger partial charge >= 0.3 is 0 Å². The van der Waals surface area contributed by atoms with Gasteiger partial charge in [-0.15, -0.1) is 0 Å². The lowest BCUT2D eigenvalue weighted by Gasteiger charge is -2.25. The van der Waals surface area contributed by atoms with Crippen LogP contribution >= 0.6 is 11.6 Å². The summed E-state index contributed by atoms with van der Waals surface area (Å²) in [6.07, 6.45) is 1.50. The van der Waals surface area contributed by atoms with Crippen LogP contribution in [0.4, 0.5) is 4.39 Å². The van der Waals surface area contributed by atoms with Gasteiger partial charge in [-0.25, -0.2) is 12.8 Å². The fraction of sp³-hybridized carbons (Fsp3) is 0.400. The highest BCUT2D eigenvalue weighted by Crippen LogP contribution is 2.24. The van der Waals surface area contributed by atoms with Crippen molar-refractivity contribution >= 4 is 21.6 Å². The second-order valence-corrected chi connectivity index (χ2v) is 5.88. The Morgan fingerprint density at radius 2 is 2.12 bits per heavy atom. The molecule has 0 bridgehead atoms. The Kier molecular flexibility index (Phi) is 3.67. The first-order valence-electron chi connectivity index (χ1n) is 5.12. The number of hydrogen-bond acceptors (Lipinski definition) is 3. The van der Waals surface area contributed by atoms with E-state index in [2.05, 4.69) is 0 Å². The third-order valence-electron chi connectivity index (χ3n) is 2.41. The molecule has 0 spiro atoms. The molecule has 1 aromatic carbocycles. The first-order chi connectivity index (χ1) is 8.01. The Hall–Kier alpha value is -0.690. The van der Waals surface area contributed by atoms with E-state index in [-0.39, 0.29) is 11.6 Å². The van der Waals surface area contributed by atoms with E-state index in [4.69, 9.17) is 16.4 Å². The normalized spacial score (nSPS) is 18.2. The van der Waals surface area contributed by atoms with Crippen LogP contribution in [0.15, 0.2) is 23.1 Å². The molecule has 0 unspecified atom stereocenters. The third-order valence-corrected chi connectivity index (χ3v) is 4.36. The minimum atomic E-state index is -3.93. The largest absolute Gasteiger partial charge is 0.284 e. The maximum Gasteiger partial charge on any atom is 0.267 e. The lowest BCUT2D eigenvalue weighted by Crippen LogP contribution is -2.36. The molecule has 0 amide bonds. The van der Waals surface area contributed by atoms with Gasteiger partial charge in [0.05, 0.1) is 6.61 Å². The number of rotatable bonds is 2. The fourth-order valence-electron chi connectivity index (χ4n) is 1.56. The van der Waals surface area contributed by atoms with Crippen molar-refractivity contribution in [1.82, 2.24) is 4.47 Å². The van der Waals surface area contributed by atoms with E-state index in [9.17, 15) is 12.8 Å². The summed E-state index contributed by atoms with van der Waals surface area (Å²) in [4.78, 5) is 4.61. The lowest BCUT2D eigenvalue weighted by molar-refractivity contribution is -0.109. The molecular weight excluding hydrogens is 269 g/mol. The predicted molar refractivity (Wildman–Crippen MR) is 60.5 cm³/mol. The summed E-state index contributed by atoms with van der Waals surface area (Å²) in [5.74, 6) is -0.869. The maximum atomic E-state index is 13.6. The van der Waals surface area contributed by atoms with Crippen LogP contribution in [0.2, 0.25) is 5.02 Å². The maximum absolute atomic E-state index is 13.6. The summed E-state index contributed by atoms with van der Waals surface area (Å²) < 4.78 is 38.5. The summed E-state index contributed by atoms with van der Waals surface area (Å²) in [5.41, 5.74) is 0. The van der Waals surface area contributed by atoms with Crippen LogP contribution in [0, 0.1) is 5.82 Å². The Morgan fingerprint density at radius 3 is 2.71 bits per heavy atom. The zero-order valence-electron chi connectivity index (χ0n) is 8.90. The molecule has 1 heterocycles. The quantitative estimate of drug-likeness (QED) is 0.834. The van der Waals surface area contributed by atoms with Gasteiger partial charge in [0.15, 0.2) is 0 Å². The Morgan fingerprint density at radius 1 is 1.35 bits per heavy atom. The van der Waals surface area contributed by atoms with Gasteiger partial charge in [-0.1, -0.05) is 16.1 Å². The molecule has 94 valence electrons. The molecule has 4 nitrogen and oxygen atoms in total. The third kappa shape index (κ3) is 2.60. The monoisotopic (exact) mass is 279 g/mol. The second kappa shape index (κ2) is 4.89. The average molecular weight is 280 g/mol. The Balaban J connectivity index is 2.37. The number of sulfonamides is 1. The predicted octanol–water partition coefficient (Wildman–Crippen LogP) is 2.20. The van der Waals surface area contributed by atoms with Gasteiger partial charge in [-0.05, 0) is 31.0 Å². The zero-order valence-corrected chi connectivity index (χ0v) is 10.5. The molecular formula is C10H11ClFNO3S. The van der Waals surface area contributed by atoms with Crippen LogP contribution in [0.5, 0.6) is 0 Å². The van der Waals surface area contributed by atoms with E-state index in [1.54, 1.807) is 0 Å². The van der Waals surface area contributed by atoms with Crippen LogP contribution in [-0.4, -0.2) is 26.0 Å². The topological polar surface area (TPSA) is 46.6 Å². The summed E-state index contributed by atoms with van der Waals surface area (Å²) in [6, 6.07) is 3.45. The summed E-state index contributed by atoms with van der Waals surface area (Å²) in [6.45, 7) is 0.568. The van der Waals surface area contributed by atoms with Crippen molar-refractivity contribution in [2.75, 3.05) is 13.2 Å². The van der Waals surface area contributed by atoms with Crippen LogP contribution in [0.1, 0.15) is 12.8 Å². The summed E-state index contributed by atoms with van der Waals surface area (Å²) in [5, 5.41) is 0.154. The number of benzene rings is 1. The van der Waals surface area contributed by atoms with Crippen molar-refractivity contribution in [3.8, 4) is 0 Å². The average Bonchev–Trinajstić information content (AvgIpc) is 2.29. The molecule has 0 aromatic heterocycles. The molecule has 0 atom stereocenters. The first kappa shape index (κ1) is 12.8. The molecule has 1 saturated heterocycles. The Bertz CT molecular complexity index is 514. The molecule has 7 heteroatoms. The van der Waals surface area contributed by atoms with Gasteiger partial charge in [-0.3, -0.25) is 4.84 Å². The van der Waals surface area contributed by atoms with E-state index in [0.29, 0.717) is 13.0 Å². The van der Waals surface area contributed by atoms with Gasteiger partial charge < -0.3 is 0 Å². The van der Waals surface area contributed by atoms with Crippen molar-refractivity contribution in [1.29, 1.82) is 0 Å². The number of halogens is 2. The molecule has 0 radical (unpaired) electrons. The number of hydrogen-bond donors (Lipinski definition) is 0. The smallest absolute Gasteiger partial charge is 0.267 e. The molecule has 0 saturated carbocycles. The molecule has 0 aliphatic carbocycles. The van der Waals surface area contributed by atoms with Gasteiger partial charge in [-0.2, -0.15) is 0 Å². The summed E-state index contributed by atoms with van der Waals surface area (Å²) in [7, 11) is -3.93. The molecule has 1 aromatic rings. The molecule has 17 heavy (non-hydrogen) atoms. The van der Waals surface area contributed by atoms with Crippen molar-refractivity contribution in [2.24, 2.45) is 0 Å². The van der Waals surface area contributed by atoms with Gasteiger partial charge in [0.25, 0.3) is 10.0 Å². The van der Waals surface area contributed by atoms with E-state index in [0.717, 1.165) is 23.0 Å². The van der Waals surface area contributed by atoms with Crippen molar-refractivity contribution in [2.45, 2.75) is 17.7 Å². The van der Waals surface area contributed by atoms with E-state index in [1.165, 1.54) is 6.07 Å². The molecule has 1 aliphatic heterocycles. The molecule has 1 fully saturated rings. The highest BCUT2D eigenvalue weighted by atomic mass is 35.5. The number of nitrogens with zero attached hydrogens (tertiary/aromatic N) is 1. The van der Waals surface area contributed by atoms with E-state index >= 15 is 0 Å². The van der Waals surface area contributed by atoms with Crippen molar-refractivity contribution in [3.63, 3.8) is 0 Å². The van der Waals surface area contributed by atoms with Crippen molar-refractivity contribution < 1.29 is 17.6 Å². The Labute approximate surface area is 104 Å². The van der Waals surface area contributed by atoms with Crippen LogP contribution in [-0.2, 0) is 14.9 Å². The van der Waals surface area contributed by atoms with Crippen LogP contribution in [0.25, 0.3) is 0 Å². The van der Waals surface area contributed by atoms with Gasteiger partial charge in [0, 0.05) is 11.6 Å². The van der Waals surface area contributed by atoms with E-state index in [1.807, 2.05) is 0 Å². The molecule has 2 rings (SSSR count). The minimum Gasteiger partial charge on any atom is -0.284 e. The highest BCUT2D eigenvalue weighted by Gasteiger charge is 2.29. The first-order valence-corrected chi connectivity index (χ1v) is 6.94. The second-order valence-electron chi connectivity index (χ2n) is 3.65. The SMILES string of the molecule is O=S(=O)(c1ccc(Cl)cc1F)N1CCCCO1. The van der Waals surface area contributed by atoms with Crippen molar-refractivity contribution in [3.05, 3.63) is 29.0 Å². The van der Waals surface area contributed by atoms with Gasteiger partial charge in [0.1, 0.15) is 10.7 Å². The van der Waals surface area contributed by atoms with E-state index < -0.39 is 20.7 Å². The standard InChI is InChI=1S/C10H11ClFNO3S/c11-8-3-4-10(9(12)7-8)17(14,15)13-5-1-2-6-16-13/h3-4,7H,1-2,5-6H2. The highest BCUT2D eigenvalue weighted by molar-refractivity contribution is 7.89.